The number of benzene rings is 2. The first-order valence-electron chi connectivity index (χ1n) is 10.1. The van der Waals surface area contributed by atoms with Gasteiger partial charge in [-0.25, -0.2) is 4.52 Å². The highest BCUT2D eigenvalue weighted by atomic mass is 35.5. The van der Waals surface area contributed by atoms with Crippen LogP contribution in [0.5, 0.6) is 11.5 Å². The summed E-state index contributed by atoms with van der Waals surface area (Å²) in [6, 6.07) is 11.5. The molecule has 2 heterocycles. The summed E-state index contributed by atoms with van der Waals surface area (Å²) >= 11 is 7.65. The number of nitrogens with one attached hydrogen (secondary N) is 1. The minimum absolute atomic E-state index is 0.152. The van der Waals surface area contributed by atoms with Crippen LogP contribution in [-0.4, -0.2) is 34.2 Å². The Balaban J connectivity index is 1.32. The Morgan fingerprint density at radius 3 is 2.56 bits per heavy atom. The highest BCUT2D eigenvalue weighted by Gasteiger charge is 2.13. The molecule has 0 radical (unpaired) electrons. The molecule has 0 atom stereocenters. The minimum Gasteiger partial charge on any atom is -0.497 e. The van der Waals surface area contributed by atoms with Crippen LogP contribution in [0, 0.1) is 13.8 Å². The number of hydrogen-bond acceptors (Lipinski definition) is 6. The lowest BCUT2D eigenvalue weighted by Crippen LogP contribution is -2.14. The van der Waals surface area contributed by atoms with Crippen LogP contribution in [0.3, 0.4) is 0 Å². The number of rotatable bonds is 8. The fourth-order valence-corrected chi connectivity index (χ4v) is 4.23. The lowest BCUT2D eigenvalue weighted by atomic mass is 10.1. The summed E-state index contributed by atoms with van der Waals surface area (Å²) in [4.78, 5) is 17.4. The fourth-order valence-electron chi connectivity index (χ4n) is 3.29. The smallest absolute Gasteiger partial charge is 0.250 e. The van der Waals surface area contributed by atoms with E-state index in [4.69, 9.17) is 21.1 Å². The minimum atomic E-state index is -0.152. The number of aryl methyl sites for hydroxylation is 2. The monoisotopic (exact) mass is 470 g/mol. The molecule has 1 amide bonds. The van der Waals surface area contributed by atoms with Crippen molar-refractivity contribution in [2.24, 2.45) is 0 Å². The first kappa shape index (κ1) is 22.1. The number of aromatic nitrogens is 3. The van der Waals surface area contributed by atoms with Crippen molar-refractivity contribution in [3.8, 4) is 22.8 Å². The van der Waals surface area contributed by atoms with E-state index in [1.165, 1.54) is 11.3 Å². The summed E-state index contributed by atoms with van der Waals surface area (Å²) in [7, 11) is 1.63. The van der Waals surface area contributed by atoms with Crippen LogP contribution in [0.2, 0.25) is 5.02 Å². The number of anilines is 1. The highest BCUT2D eigenvalue weighted by Crippen LogP contribution is 2.28. The van der Waals surface area contributed by atoms with E-state index in [2.05, 4.69) is 15.4 Å². The molecule has 2 aromatic heterocycles. The summed E-state index contributed by atoms with van der Waals surface area (Å²) < 4.78 is 12.7. The van der Waals surface area contributed by atoms with Gasteiger partial charge in [0.15, 0.2) is 0 Å². The van der Waals surface area contributed by atoms with Crippen LogP contribution in [0.4, 0.5) is 5.95 Å². The van der Waals surface area contributed by atoms with Gasteiger partial charge in [0.1, 0.15) is 11.5 Å². The molecule has 0 spiro atoms. The van der Waals surface area contributed by atoms with Gasteiger partial charge in [-0.15, -0.1) is 16.4 Å². The Labute approximate surface area is 195 Å². The van der Waals surface area contributed by atoms with Crippen molar-refractivity contribution in [3.63, 3.8) is 0 Å². The van der Waals surface area contributed by atoms with Crippen molar-refractivity contribution in [1.29, 1.82) is 0 Å². The molecular weight excluding hydrogens is 448 g/mol. The number of fused-ring (bicyclic) bond motifs is 1. The zero-order chi connectivity index (χ0) is 22.7. The number of hydrogen-bond donors (Lipinski definition) is 1. The van der Waals surface area contributed by atoms with Crippen LogP contribution < -0.4 is 14.8 Å². The van der Waals surface area contributed by atoms with Crippen LogP contribution in [0.25, 0.3) is 16.2 Å². The predicted molar refractivity (Wildman–Crippen MR) is 127 cm³/mol. The Morgan fingerprint density at radius 1 is 1.16 bits per heavy atom. The molecule has 4 aromatic rings. The Kier molecular flexibility index (Phi) is 6.62. The van der Waals surface area contributed by atoms with Crippen molar-refractivity contribution in [3.05, 3.63) is 57.9 Å². The number of ether oxygens (including phenoxy) is 2. The van der Waals surface area contributed by atoms with Gasteiger partial charge in [-0.2, -0.15) is 4.98 Å². The largest absolute Gasteiger partial charge is 0.497 e. The van der Waals surface area contributed by atoms with Crippen LogP contribution in [-0.2, 0) is 4.79 Å². The van der Waals surface area contributed by atoms with Crippen molar-refractivity contribution < 1.29 is 14.3 Å². The average Bonchev–Trinajstić information content (AvgIpc) is 3.35. The van der Waals surface area contributed by atoms with E-state index in [-0.39, 0.29) is 5.91 Å². The van der Waals surface area contributed by atoms with Gasteiger partial charge in [-0.3, -0.25) is 10.1 Å². The molecule has 0 aliphatic heterocycles. The van der Waals surface area contributed by atoms with Crippen molar-refractivity contribution in [2.75, 3.05) is 19.0 Å². The maximum Gasteiger partial charge on any atom is 0.250 e. The third kappa shape index (κ3) is 4.87. The van der Waals surface area contributed by atoms with E-state index < -0.39 is 0 Å². The van der Waals surface area contributed by atoms with Gasteiger partial charge in [0.2, 0.25) is 16.8 Å². The van der Waals surface area contributed by atoms with Gasteiger partial charge < -0.3 is 9.47 Å². The Bertz CT molecular complexity index is 1230. The van der Waals surface area contributed by atoms with E-state index in [1.54, 1.807) is 11.6 Å². The topological polar surface area (TPSA) is 77.8 Å². The van der Waals surface area contributed by atoms with E-state index in [1.807, 2.05) is 55.6 Å². The number of methoxy groups -OCH3 is 1. The zero-order valence-corrected chi connectivity index (χ0v) is 19.6. The lowest BCUT2D eigenvalue weighted by Gasteiger charge is -2.09. The Hall–Kier alpha value is -3.10. The molecule has 0 aliphatic rings. The van der Waals surface area contributed by atoms with Gasteiger partial charge in [-0.05, 0) is 67.8 Å². The SMILES string of the molecule is COc1ccc(-c2csc3nc(NC(=O)CCCOc4cc(C)c(Cl)c(C)c4)nn23)cc1. The van der Waals surface area contributed by atoms with Crippen LogP contribution in [0.1, 0.15) is 24.0 Å². The summed E-state index contributed by atoms with van der Waals surface area (Å²) in [5, 5.41) is 9.95. The molecule has 0 fully saturated rings. The van der Waals surface area contributed by atoms with Gasteiger partial charge in [0.05, 0.1) is 19.4 Å². The molecular formula is C23H23ClN4O3S. The highest BCUT2D eigenvalue weighted by molar-refractivity contribution is 7.15. The second-order valence-corrected chi connectivity index (χ2v) is 8.56. The molecule has 0 saturated carbocycles. The third-order valence-electron chi connectivity index (χ3n) is 4.95. The summed E-state index contributed by atoms with van der Waals surface area (Å²) in [6.45, 7) is 4.32. The number of carbonyl (C=O) groups is 1. The number of nitrogens with zero attached hydrogens (tertiary/aromatic N) is 3. The molecule has 0 bridgehead atoms. The first-order valence-corrected chi connectivity index (χ1v) is 11.4. The second-order valence-electron chi connectivity index (χ2n) is 7.35. The third-order valence-corrected chi connectivity index (χ3v) is 6.36. The normalized spacial score (nSPS) is 11.0. The lowest BCUT2D eigenvalue weighted by molar-refractivity contribution is -0.116. The van der Waals surface area contributed by atoms with Gasteiger partial charge in [-0.1, -0.05) is 11.6 Å². The molecule has 166 valence electrons. The number of halogens is 1. The second kappa shape index (κ2) is 9.58. The standard InChI is InChI=1S/C23H23ClN4O3S/c1-14-11-18(12-15(2)21(14)24)31-10-4-5-20(29)25-22-26-23-28(27-22)19(13-32-23)16-6-8-17(30-3)9-7-16/h6-9,11-13H,4-5,10H2,1-3H3,(H,25,27,29). The van der Waals surface area contributed by atoms with E-state index >= 15 is 0 Å². The summed E-state index contributed by atoms with van der Waals surface area (Å²) in [6.07, 6.45) is 0.885. The molecule has 1 N–H and O–H groups in total. The molecule has 0 aliphatic carbocycles. The number of thiazole rings is 1. The Morgan fingerprint density at radius 2 is 1.88 bits per heavy atom. The van der Waals surface area contributed by atoms with E-state index in [0.29, 0.717) is 30.4 Å². The average molecular weight is 471 g/mol. The fraction of sp³-hybridized carbons (Fsp3) is 0.261. The summed E-state index contributed by atoms with van der Waals surface area (Å²) in [5.41, 5.74) is 3.84. The van der Waals surface area contributed by atoms with Crippen LogP contribution in [0.15, 0.2) is 41.8 Å². The van der Waals surface area contributed by atoms with E-state index in [9.17, 15) is 4.79 Å². The number of carbonyl (C=O) groups excluding carboxylic acids is 1. The molecule has 32 heavy (non-hydrogen) atoms. The quantitative estimate of drug-likeness (QED) is 0.342. The van der Waals surface area contributed by atoms with Gasteiger partial charge in [0, 0.05) is 22.4 Å². The molecule has 4 rings (SSSR count). The molecule has 2 aromatic carbocycles. The first-order chi connectivity index (χ1) is 15.4. The van der Waals surface area contributed by atoms with Gasteiger partial charge >= 0.3 is 0 Å². The molecule has 9 heteroatoms. The van der Waals surface area contributed by atoms with Gasteiger partial charge in [0.25, 0.3) is 0 Å². The van der Waals surface area contributed by atoms with Crippen LogP contribution >= 0.6 is 22.9 Å². The maximum atomic E-state index is 12.3. The zero-order valence-electron chi connectivity index (χ0n) is 18.0. The predicted octanol–water partition coefficient (Wildman–Crippen LogP) is 5.53. The maximum absolute atomic E-state index is 12.3. The summed E-state index contributed by atoms with van der Waals surface area (Å²) in [5.74, 6) is 1.69. The molecule has 0 unspecified atom stereocenters. The van der Waals surface area contributed by atoms with Crippen molar-refractivity contribution in [1.82, 2.24) is 14.6 Å². The number of amides is 1. The van der Waals surface area contributed by atoms with E-state index in [0.717, 1.165) is 38.9 Å². The molecule has 0 saturated heterocycles. The van der Waals surface area contributed by atoms with Crippen molar-refractivity contribution in [2.45, 2.75) is 26.7 Å². The van der Waals surface area contributed by atoms with Crippen molar-refractivity contribution >= 4 is 39.8 Å². The molecule has 7 nitrogen and oxygen atoms in total.